The number of benzene rings is 1. The van der Waals surface area contributed by atoms with Crippen molar-refractivity contribution in [1.82, 2.24) is 10.2 Å². The number of rotatable bonds is 3. The standard InChI is InChI=1S/C15H15F2N3O3/c1-8-14(23-3-2-22-8)15(21)18-13-7-12(19-20-13)9-4-10(16)6-11(17)5-9/h4-8,14H,2-3H2,1H3,(H2,18,19,20,21)/t8-,14-/m0/s1. The second-order valence-electron chi connectivity index (χ2n) is 5.18. The van der Waals surface area contributed by atoms with Gasteiger partial charge in [-0.25, -0.2) is 8.78 Å². The van der Waals surface area contributed by atoms with Crippen LogP contribution in [0.25, 0.3) is 11.3 Å². The van der Waals surface area contributed by atoms with Crippen molar-refractivity contribution in [1.29, 1.82) is 0 Å². The number of nitrogens with one attached hydrogen (secondary N) is 2. The Kier molecular flexibility index (Phi) is 4.35. The number of ether oxygens (including phenoxy) is 2. The molecule has 0 aliphatic carbocycles. The molecule has 1 aliphatic rings. The van der Waals surface area contributed by atoms with E-state index in [1.165, 1.54) is 18.2 Å². The lowest BCUT2D eigenvalue weighted by Gasteiger charge is -2.27. The highest BCUT2D eigenvalue weighted by Crippen LogP contribution is 2.22. The van der Waals surface area contributed by atoms with E-state index in [-0.39, 0.29) is 17.8 Å². The molecule has 2 aromatic rings. The van der Waals surface area contributed by atoms with Gasteiger partial charge in [-0.3, -0.25) is 9.89 Å². The van der Waals surface area contributed by atoms with Gasteiger partial charge in [-0.15, -0.1) is 0 Å². The highest BCUT2D eigenvalue weighted by molar-refractivity contribution is 5.94. The van der Waals surface area contributed by atoms with Crippen LogP contribution in [-0.4, -0.2) is 41.5 Å². The summed E-state index contributed by atoms with van der Waals surface area (Å²) in [7, 11) is 0. The second-order valence-corrected chi connectivity index (χ2v) is 5.18. The quantitative estimate of drug-likeness (QED) is 0.907. The fourth-order valence-electron chi connectivity index (χ4n) is 2.36. The number of aromatic amines is 1. The van der Waals surface area contributed by atoms with Gasteiger partial charge in [0.2, 0.25) is 0 Å². The van der Waals surface area contributed by atoms with Crippen LogP contribution in [0.4, 0.5) is 14.6 Å². The molecule has 1 amide bonds. The Morgan fingerprint density at radius 1 is 1.22 bits per heavy atom. The van der Waals surface area contributed by atoms with Crippen LogP contribution in [0.1, 0.15) is 6.92 Å². The Morgan fingerprint density at radius 3 is 2.61 bits per heavy atom. The first kappa shape index (κ1) is 15.6. The highest BCUT2D eigenvalue weighted by atomic mass is 19.1. The van der Waals surface area contributed by atoms with Crippen LogP contribution < -0.4 is 5.32 Å². The van der Waals surface area contributed by atoms with Crippen molar-refractivity contribution in [2.75, 3.05) is 18.5 Å². The van der Waals surface area contributed by atoms with Crippen molar-refractivity contribution < 1.29 is 23.0 Å². The number of nitrogens with zero attached hydrogens (tertiary/aromatic N) is 1. The van der Waals surface area contributed by atoms with Gasteiger partial charge in [0, 0.05) is 17.7 Å². The summed E-state index contributed by atoms with van der Waals surface area (Å²) in [6, 6.07) is 4.61. The van der Waals surface area contributed by atoms with E-state index in [1.807, 2.05) is 0 Å². The average Bonchev–Trinajstić information content (AvgIpc) is 2.95. The average molecular weight is 323 g/mol. The number of carbonyl (C=O) groups is 1. The maximum Gasteiger partial charge on any atom is 0.257 e. The Labute approximate surface area is 130 Å². The predicted octanol–water partition coefficient (Wildman–Crippen LogP) is 2.10. The highest BCUT2D eigenvalue weighted by Gasteiger charge is 2.30. The van der Waals surface area contributed by atoms with E-state index in [0.29, 0.717) is 24.5 Å². The molecule has 3 rings (SSSR count). The summed E-state index contributed by atoms with van der Waals surface area (Å²) >= 11 is 0. The van der Waals surface area contributed by atoms with E-state index in [0.717, 1.165) is 6.07 Å². The molecular formula is C15H15F2N3O3. The van der Waals surface area contributed by atoms with Gasteiger partial charge in [-0.2, -0.15) is 5.10 Å². The molecule has 0 bridgehead atoms. The molecule has 1 aromatic heterocycles. The van der Waals surface area contributed by atoms with E-state index in [4.69, 9.17) is 9.47 Å². The lowest BCUT2D eigenvalue weighted by Crippen LogP contribution is -2.44. The summed E-state index contributed by atoms with van der Waals surface area (Å²) in [4.78, 5) is 12.1. The van der Waals surface area contributed by atoms with Crippen LogP contribution in [-0.2, 0) is 14.3 Å². The topological polar surface area (TPSA) is 76.2 Å². The van der Waals surface area contributed by atoms with Crippen LogP contribution >= 0.6 is 0 Å². The molecule has 6 nitrogen and oxygen atoms in total. The van der Waals surface area contributed by atoms with Gasteiger partial charge < -0.3 is 14.8 Å². The summed E-state index contributed by atoms with van der Waals surface area (Å²) < 4.78 is 37.2. The van der Waals surface area contributed by atoms with E-state index in [9.17, 15) is 13.6 Å². The molecule has 8 heteroatoms. The van der Waals surface area contributed by atoms with Gasteiger partial charge in [-0.05, 0) is 19.1 Å². The lowest BCUT2D eigenvalue weighted by atomic mass is 10.1. The molecule has 0 radical (unpaired) electrons. The van der Waals surface area contributed by atoms with E-state index >= 15 is 0 Å². The van der Waals surface area contributed by atoms with Crippen LogP contribution in [0.5, 0.6) is 0 Å². The summed E-state index contributed by atoms with van der Waals surface area (Å²) in [5.41, 5.74) is 0.675. The van der Waals surface area contributed by atoms with Crippen LogP contribution in [0.3, 0.4) is 0 Å². The number of hydrogen-bond acceptors (Lipinski definition) is 4. The minimum absolute atomic E-state index is 0.232. The first-order valence-corrected chi connectivity index (χ1v) is 7.09. The van der Waals surface area contributed by atoms with Crippen molar-refractivity contribution >= 4 is 11.7 Å². The minimum atomic E-state index is -0.726. The zero-order valence-electron chi connectivity index (χ0n) is 12.3. The second kappa shape index (κ2) is 6.43. The Balaban J connectivity index is 1.73. The van der Waals surface area contributed by atoms with E-state index in [1.54, 1.807) is 6.92 Å². The number of carbonyl (C=O) groups excluding carboxylic acids is 1. The molecule has 0 spiro atoms. The number of hydrogen-bond donors (Lipinski definition) is 2. The van der Waals surface area contributed by atoms with Gasteiger partial charge in [-0.1, -0.05) is 0 Å². The fraction of sp³-hybridized carbons (Fsp3) is 0.333. The SMILES string of the molecule is C[C@@H]1OCCO[C@@H]1C(=O)Nc1cc(-c2cc(F)cc(F)c2)[nH]n1. The molecule has 2 atom stereocenters. The summed E-state index contributed by atoms with van der Waals surface area (Å²) in [5.74, 6) is -1.54. The Morgan fingerprint density at radius 2 is 1.91 bits per heavy atom. The van der Waals surface area contributed by atoms with Gasteiger partial charge in [0.05, 0.1) is 25.0 Å². The van der Waals surface area contributed by atoms with Crippen LogP contribution in [0.15, 0.2) is 24.3 Å². The van der Waals surface area contributed by atoms with Crippen molar-refractivity contribution in [3.8, 4) is 11.3 Å². The zero-order valence-corrected chi connectivity index (χ0v) is 12.3. The maximum absolute atomic E-state index is 13.2. The molecule has 1 saturated heterocycles. The number of anilines is 1. The molecule has 122 valence electrons. The van der Waals surface area contributed by atoms with E-state index in [2.05, 4.69) is 15.5 Å². The number of aromatic nitrogens is 2. The fourth-order valence-corrected chi connectivity index (χ4v) is 2.36. The molecule has 1 aromatic carbocycles. The van der Waals surface area contributed by atoms with Crippen LogP contribution in [0, 0.1) is 11.6 Å². The third kappa shape index (κ3) is 3.54. The summed E-state index contributed by atoms with van der Waals surface area (Å²) in [5, 5.41) is 9.13. The third-order valence-corrected chi connectivity index (χ3v) is 3.45. The molecule has 1 aliphatic heterocycles. The van der Waals surface area contributed by atoms with Gasteiger partial charge in [0.15, 0.2) is 11.9 Å². The largest absolute Gasteiger partial charge is 0.373 e. The predicted molar refractivity (Wildman–Crippen MR) is 77.7 cm³/mol. The molecular weight excluding hydrogens is 308 g/mol. The number of amides is 1. The van der Waals surface area contributed by atoms with Crippen molar-refractivity contribution in [2.24, 2.45) is 0 Å². The zero-order chi connectivity index (χ0) is 16.4. The number of H-pyrrole nitrogens is 1. The normalized spacial score (nSPS) is 21.2. The molecule has 23 heavy (non-hydrogen) atoms. The van der Waals surface area contributed by atoms with Gasteiger partial charge in [0.25, 0.3) is 5.91 Å². The smallest absolute Gasteiger partial charge is 0.257 e. The van der Waals surface area contributed by atoms with Crippen LogP contribution in [0.2, 0.25) is 0 Å². The molecule has 0 saturated carbocycles. The first-order chi connectivity index (χ1) is 11.0. The first-order valence-electron chi connectivity index (χ1n) is 7.09. The monoisotopic (exact) mass is 323 g/mol. The lowest BCUT2D eigenvalue weighted by molar-refractivity contribution is -0.157. The summed E-state index contributed by atoms with van der Waals surface area (Å²) in [6.45, 7) is 2.54. The van der Waals surface area contributed by atoms with Gasteiger partial charge >= 0.3 is 0 Å². The van der Waals surface area contributed by atoms with Crippen molar-refractivity contribution in [3.63, 3.8) is 0 Å². The molecule has 2 heterocycles. The van der Waals surface area contributed by atoms with Crippen molar-refractivity contribution in [2.45, 2.75) is 19.1 Å². The molecule has 2 N–H and O–H groups in total. The maximum atomic E-state index is 13.2. The minimum Gasteiger partial charge on any atom is -0.373 e. The summed E-state index contributed by atoms with van der Waals surface area (Å²) in [6.07, 6.45) is -1.09. The Bertz CT molecular complexity index is 699. The van der Waals surface area contributed by atoms with Gasteiger partial charge in [0.1, 0.15) is 11.6 Å². The third-order valence-electron chi connectivity index (χ3n) is 3.45. The number of halogens is 2. The molecule has 0 unspecified atom stereocenters. The molecule has 1 fully saturated rings. The van der Waals surface area contributed by atoms with Crippen molar-refractivity contribution in [3.05, 3.63) is 35.9 Å². The van der Waals surface area contributed by atoms with E-state index < -0.39 is 17.7 Å². The Hall–Kier alpha value is -2.32.